The van der Waals surface area contributed by atoms with E-state index in [1.165, 1.54) is 0 Å². The van der Waals surface area contributed by atoms with E-state index < -0.39 is 0 Å². The Morgan fingerprint density at radius 1 is 1.50 bits per heavy atom. The monoisotopic (exact) mass is 192 g/mol. The number of fused-ring (bicyclic) bond motifs is 1. The molecule has 1 aromatic heterocycles. The molecule has 0 saturated carbocycles. The fraction of sp³-hybridized carbons (Fsp3) is 0.333. The maximum Gasteiger partial charge on any atom is 0.155 e. The predicted octanol–water partition coefficient (Wildman–Crippen LogP) is 0.306. The third kappa shape index (κ3) is 1.42. The van der Waals surface area contributed by atoms with Crippen molar-refractivity contribution in [3.8, 4) is 5.75 Å². The Hall–Kier alpha value is -1.62. The van der Waals surface area contributed by atoms with Crippen LogP contribution in [0.3, 0.4) is 0 Å². The summed E-state index contributed by atoms with van der Waals surface area (Å²) in [6.45, 7) is 0.992. The van der Waals surface area contributed by atoms with E-state index in [-0.39, 0.29) is 0 Å². The van der Waals surface area contributed by atoms with Crippen LogP contribution in [-0.4, -0.2) is 28.1 Å². The van der Waals surface area contributed by atoms with Crippen LogP contribution >= 0.6 is 0 Å². The molecule has 2 N–H and O–H groups in total. The molecule has 5 nitrogen and oxygen atoms in total. The molecule has 2 rings (SSSR count). The Balaban J connectivity index is 2.44. The van der Waals surface area contributed by atoms with Gasteiger partial charge < -0.3 is 10.5 Å². The summed E-state index contributed by atoms with van der Waals surface area (Å²) in [6, 6.07) is 5.73. The molecule has 0 saturated heterocycles. The zero-order valence-electron chi connectivity index (χ0n) is 7.97. The first-order valence-electron chi connectivity index (χ1n) is 4.44. The molecular formula is C9H12N4O. The van der Waals surface area contributed by atoms with Gasteiger partial charge >= 0.3 is 0 Å². The predicted molar refractivity (Wildman–Crippen MR) is 53.1 cm³/mol. The van der Waals surface area contributed by atoms with E-state index in [0.717, 1.165) is 16.8 Å². The third-order valence-corrected chi connectivity index (χ3v) is 1.98. The molecule has 0 unspecified atom stereocenters. The highest BCUT2D eigenvalue weighted by Crippen LogP contribution is 2.22. The van der Waals surface area contributed by atoms with Crippen LogP contribution in [0.5, 0.6) is 5.75 Å². The van der Waals surface area contributed by atoms with Crippen LogP contribution < -0.4 is 10.5 Å². The summed E-state index contributed by atoms with van der Waals surface area (Å²) >= 11 is 0. The summed E-state index contributed by atoms with van der Waals surface area (Å²) in [7, 11) is 1.85. The Kier molecular flexibility index (Phi) is 2.32. The molecule has 0 atom stereocenters. The second-order valence-corrected chi connectivity index (χ2v) is 2.97. The molecular weight excluding hydrogens is 180 g/mol. The summed E-state index contributed by atoms with van der Waals surface area (Å²) in [4.78, 5) is 0. The van der Waals surface area contributed by atoms with Crippen molar-refractivity contribution in [2.24, 2.45) is 12.8 Å². The molecule has 0 spiro atoms. The molecule has 0 radical (unpaired) electrons. The molecule has 0 fully saturated rings. The maximum absolute atomic E-state index is 5.44. The molecule has 0 amide bonds. The third-order valence-electron chi connectivity index (χ3n) is 1.98. The molecule has 0 aliphatic rings. The van der Waals surface area contributed by atoms with E-state index in [0.29, 0.717) is 13.2 Å². The second-order valence-electron chi connectivity index (χ2n) is 2.97. The van der Waals surface area contributed by atoms with Crippen LogP contribution in [0.1, 0.15) is 0 Å². The van der Waals surface area contributed by atoms with Crippen LogP contribution in [-0.2, 0) is 7.05 Å². The highest BCUT2D eigenvalue weighted by atomic mass is 16.5. The van der Waals surface area contributed by atoms with Crippen LogP contribution in [0, 0.1) is 0 Å². The van der Waals surface area contributed by atoms with Crippen LogP contribution in [0.25, 0.3) is 11.0 Å². The van der Waals surface area contributed by atoms with E-state index >= 15 is 0 Å². The first-order valence-corrected chi connectivity index (χ1v) is 4.44. The van der Waals surface area contributed by atoms with Crippen molar-refractivity contribution in [2.75, 3.05) is 13.2 Å². The fourth-order valence-corrected chi connectivity index (χ4v) is 1.32. The van der Waals surface area contributed by atoms with Crippen molar-refractivity contribution in [1.29, 1.82) is 0 Å². The number of nitrogens with zero attached hydrogens (tertiary/aromatic N) is 3. The van der Waals surface area contributed by atoms with E-state index in [9.17, 15) is 0 Å². The van der Waals surface area contributed by atoms with E-state index in [1.807, 2.05) is 25.2 Å². The van der Waals surface area contributed by atoms with E-state index in [2.05, 4.69) is 10.3 Å². The van der Waals surface area contributed by atoms with Crippen molar-refractivity contribution in [3.63, 3.8) is 0 Å². The minimum absolute atomic E-state index is 0.496. The average molecular weight is 192 g/mol. The number of rotatable bonds is 3. The maximum atomic E-state index is 5.44. The molecule has 74 valence electrons. The number of ether oxygens (including phenoxy) is 1. The fourth-order valence-electron chi connectivity index (χ4n) is 1.32. The van der Waals surface area contributed by atoms with Crippen LogP contribution in [0.2, 0.25) is 0 Å². The molecule has 2 aromatic rings. The first-order chi connectivity index (χ1) is 6.83. The van der Waals surface area contributed by atoms with Crippen molar-refractivity contribution >= 4 is 11.0 Å². The van der Waals surface area contributed by atoms with Crippen molar-refractivity contribution in [2.45, 2.75) is 0 Å². The zero-order valence-corrected chi connectivity index (χ0v) is 7.97. The van der Waals surface area contributed by atoms with Gasteiger partial charge in [0.25, 0.3) is 0 Å². The van der Waals surface area contributed by atoms with Gasteiger partial charge in [0.15, 0.2) is 5.52 Å². The van der Waals surface area contributed by atoms with Gasteiger partial charge in [-0.05, 0) is 12.1 Å². The summed E-state index contributed by atoms with van der Waals surface area (Å²) < 4.78 is 7.15. The quantitative estimate of drug-likeness (QED) is 0.759. The zero-order chi connectivity index (χ0) is 9.97. The van der Waals surface area contributed by atoms with Crippen molar-refractivity contribution in [1.82, 2.24) is 15.0 Å². The number of aryl methyl sites for hydroxylation is 1. The van der Waals surface area contributed by atoms with E-state index in [4.69, 9.17) is 10.5 Å². The molecule has 1 heterocycles. The number of benzene rings is 1. The summed E-state index contributed by atoms with van der Waals surface area (Å²) in [6.07, 6.45) is 0. The van der Waals surface area contributed by atoms with Gasteiger partial charge in [-0.15, -0.1) is 5.10 Å². The SMILES string of the molecule is Cn1nnc2c(OCCN)cccc21. The van der Waals surface area contributed by atoms with Gasteiger partial charge in [-0.2, -0.15) is 0 Å². The minimum Gasteiger partial charge on any atom is -0.490 e. The van der Waals surface area contributed by atoms with Gasteiger partial charge in [-0.3, -0.25) is 0 Å². The first kappa shape index (κ1) is 8.96. The highest BCUT2D eigenvalue weighted by molar-refractivity contribution is 5.80. The smallest absolute Gasteiger partial charge is 0.155 e. The standard InChI is InChI=1S/C9H12N4O/c1-13-7-3-2-4-8(14-6-5-10)9(7)11-12-13/h2-4H,5-6,10H2,1H3. The summed E-state index contributed by atoms with van der Waals surface area (Å²) in [5.74, 6) is 0.737. The normalized spacial score (nSPS) is 10.7. The van der Waals surface area contributed by atoms with Crippen LogP contribution in [0.15, 0.2) is 18.2 Å². The lowest BCUT2D eigenvalue weighted by Gasteiger charge is -2.03. The van der Waals surface area contributed by atoms with Gasteiger partial charge in [-0.25, -0.2) is 4.68 Å². The number of aromatic nitrogens is 3. The summed E-state index contributed by atoms with van der Waals surface area (Å²) in [5.41, 5.74) is 7.10. The second kappa shape index (κ2) is 3.63. The Morgan fingerprint density at radius 3 is 3.14 bits per heavy atom. The van der Waals surface area contributed by atoms with Gasteiger partial charge in [-0.1, -0.05) is 11.3 Å². The molecule has 14 heavy (non-hydrogen) atoms. The van der Waals surface area contributed by atoms with Gasteiger partial charge in [0.1, 0.15) is 12.4 Å². The van der Waals surface area contributed by atoms with Crippen LogP contribution in [0.4, 0.5) is 0 Å². The Bertz CT molecular complexity index is 437. The Labute approximate surface area is 81.5 Å². The lowest BCUT2D eigenvalue weighted by molar-refractivity contribution is 0.331. The van der Waals surface area contributed by atoms with Crippen molar-refractivity contribution < 1.29 is 4.74 Å². The molecule has 1 aromatic carbocycles. The van der Waals surface area contributed by atoms with Crippen molar-refractivity contribution in [3.05, 3.63) is 18.2 Å². The minimum atomic E-state index is 0.496. The van der Waals surface area contributed by atoms with E-state index in [1.54, 1.807) is 4.68 Å². The molecule has 0 bridgehead atoms. The average Bonchev–Trinajstić information content (AvgIpc) is 2.58. The molecule has 5 heteroatoms. The lowest BCUT2D eigenvalue weighted by atomic mass is 10.3. The number of hydrogen-bond acceptors (Lipinski definition) is 4. The lowest BCUT2D eigenvalue weighted by Crippen LogP contribution is -2.10. The van der Waals surface area contributed by atoms with Gasteiger partial charge in [0.05, 0.1) is 5.52 Å². The molecule has 0 aliphatic heterocycles. The van der Waals surface area contributed by atoms with Gasteiger partial charge in [0, 0.05) is 13.6 Å². The molecule has 0 aliphatic carbocycles. The summed E-state index contributed by atoms with van der Waals surface area (Å²) in [5, 5.41) is 7.94. The number of hydrogen-bond donors (Lipinski definition) is 1. The van der Waals surface area contributed by atoms with Gasteiger partial charge in [0.2, 0.25) is 0 Å². The number of nitrogens with two attached hydrogens (primary N) is 1. The largest absolute Gasteiger partial charge is 0.490 e. The highest BCUT2D eigenvalue weighted by Gasteiger charge is 2.06. The topological polar surface area (TPSA) is 66.0 Å². The Morgan fingerprint density at radius 2 is 2.36 bits per heavy atom.